The summed E-state index contributed by atoms with van der Waals surface area (Å²) in [6.07, 6.45) is 12.9. The second-order valence-electron chi connectivity index (χ2n) is 6.94. The summed E-state index contributed by atoms with van der Waals surface area (Å²) in [6, 6.07) is 0.192. The van der Waals surface area contributed by atoms with E-state index in [4.69, 9.17) is 0 Å². The molecule has 1 N–H and O–H groups in total. The molecule has 0 aliphatic heterocycles. The van der Waals surface area contributed by atoms with Gasteiger partial charge in [-0.25, -0.2) is 8.42 Å². The van der Waals surface area contributed by atoms with E-state index >= 15 is 0 Å². The number of nitrogens with one attached hydrogen (secondary N) is 1. The van der Waals surface area contributed by atoms with Crippen molar-refractivity contribution in [3.8, 4) is 0 Å². The highest BCUT2D eigenvalue weighted by Crippen LogP contribution is 2.31. The fraction of sp³-hybridized carbons (Fsp3) is 1.00. The lowest BCUT2D eigenvalue weighted by Gasteiger charge is -2.34. The highest BCUT2D eigenvalue weighted by Gasteiger charge is 2.39. The van der Waals surface area contributed by atoms with Crippen LogP contribution in [-0.4, -0.2) is 31.5 Å². The molecule has 0 aromatic carbocycles. The molecular weight excluding hydrogens is 282 g/mol. The van der Waals surface area contributed by atoms with Crippen molar-refractivity contribution in [2.75, 3.05) is 6.54 Å². The quantitative estimate of drug-likeness (QED) is 0.839. The van der Waals surface area contributed by atoms with Crippen LogP contribution in [0.3, 0.4) is 0 Å². The van der Waals surface area contributed by atoms with Crippen LogP contribution in [0, 0.1) is 0 Å². The number of rotatable bonds is 5. The van der Waals surface area contributed by atoms with E-state index in [1.54, 1.807) is 0 Å². The van der Waals surface area contributed by atoms with E-state index in [0.717, 1.165) is 57.9 Å². The smallest absolute Gasteiger partial charge is 0.157 e. The van der Waals surface area contributed by atoms with Crippen LogP contribution in [-0.2, 0) is 9.84 Å². The number of sulfone groups is 1. The van der Waals surface area contributed by atoms with Crippen molar-refractivity contribution in [1.82, 2.24) is 5.32 Å². The summed E-state index contributed by atoms with van der Waals surface area (Å²) in [5.41, 5.74) is 0. The maximum absolute atomic E-state index is 13.1. The molecular formula is C17H33NO2S. The van der Waals surface area contributed by atoms with Crippen LogP contribution >= 0.6 is 0 Å². The summed E-state index contributed by atoms with van der Waals surface area (Å²) < 4.78 is 26.3. The molecule has 4 heteroatoms. The van der Waals surface area contributed by atoms with E-state index in [1.807, 2.05) is 0 Å². The van der Waals surface area contributed by atoms with Gasteiger partial charge in [-0.2, -0.15) is 0 Å². The van der Waals surface area contributed by atoms with Crippen molar-refractivity contribution in [2.45, 2.75) is 101 Å². The molecule has 2 unspecified atom stereocenters. The van der Waals surface area contributed by atoms with Crippen LogP contribution in [0.5, 0.6) is 0 Å². The van der Waals surface area contributed by atoms with Crippen LogP contribution in [0.1, 0.15) is 84.0 Å². The number of hydrogen-bond acceptors (Lipinski definition) is 3. The fourth-order valence-corrected chi connectivity index (χ4v) is 6.72. The Labute approximate surface area is 131 Å². The molecule has 0 heterocycles. The molecule has 0 bridgehead atoms. The van der Waals surface area contributed by atoms with Gasteiger partial charge in [-0.3, -0.25) is 0 Å². The van der Waals surface area contributed by atoms with Crippen molar-refractivity contribution in [3.63, 3.8) is 0 Å². The molecule has 124 valence electrons. The third-order valence-electron chi connectivity index (χ3n) is 5.30. The predicted molar refractivity (Wildman–Crippen MR) is 89.4 cm³/mol. The molecule has 3 nitrogen and oxygen atoms in total. The maximum atomic E-state index is 13.1. The zero-order chi connectivity index (χ0) is 15.1. The summed E-state index contributed by atoms with van der Waals surface area (Å²) in [5.74, 6) is 0. The Kier molecular flexibility index (Phi) is 7.00. The van der Waals surface area contributed by atoms with Gasteiger partial charge in [0.15, 0.2) is 9.84 Å². The Balaban J connectivity index is 2.12. The predicted octanol–water partition coefficient (Wildman–Crippen LogP) is 3.82. The standard InChI is InChI=1S/C17H33NO2S/c1-2-14-18-16-12-8-3-4-9-13-17(16)21(19,20)15-10-6-5-7-11-15/h15-18H,2-14H2,1H3. The van der Waals surface area contributed by atoms with Crippen LogP contribution < -0.4 is 5.32 Å². The van der Waals surface area contributed by atoms with Gasteiger partial charge < -0.3 is 5.32 Å². The highest BCUT2D eigenvalue weighted by molar-refractivity contribution is 7.92. The first-order valence-corrected chi connectivity index (χ1v) is 10.7. The Morgan fingerprint density at radius 2 is 1.43 bits per heavy atom. The van der Waals surface area contributed by atoms with Crippen molar-refractivity contribution in [2.24, 2.45) is 0 Å². The molecule has 2 saturated carbocycles. The van der Waals surface area contributed by atoms with E-state index in [-0.39, 0.29) is 16.5 Å². The fourth-order valence-electron chi connectivity index (χ4n) is 4.05. The Morgan fingerprint density at radius 1 is 0.857 bits per heavy atom. The summed E-state index contributed by atoms with van der Waals surface area (Å²) in [6.45, 7) is 3.10. The van der Waals surface area contributed by atoms with E-state index in [2.05, 4.69) is 12.2 Å². The van der Waals surface area contributed by atoms with E-state index < -0.39 is 9.84 Å². The lowest BCUT2D eigenvalue weighted by Crippen LogP contribution is -2.48. The minimum absolute atomic E-state index is 0.0541. The molecule has 0 aromatic heterocycles. The summed E-state index contributed by atoms with van der Waals surface area (Å²) in [5, 5.41) is 3.37. The van der Waals surface area contributed by atoms with Gasteiger partial charge in [-0.15, -0.1) is 0 Å². The first-order valence-electron chi connectivity index (χ1n) is 9.12. The molecule has 0 spiro atoms. The van der Waals surface area contributed by atoms with E-state index in [0.29, 0.717) is 0 Å². The van der Waals surface area contributed by atoms with Gasteiger partial charge in [0, 0.05) is 6.04 Å². The van der Waals surface area contributed by atoms with Crippen LogP contribution in [0.15, 0.2) is 0 Å². The SMILES string of the molecule is CCCNC1CCCCCCC1S(=O)(=O)C1CCCCC1. The van der Waals surface area contributed by atoms with Crippen molar-refractivity contribution in [3.05, 3.63) is 0 Å². The minimum atomic E-state index is -2.97. The largest absolute Gasteiger partial charge is 0.313 e. The van der Waals surface area contributed by atoms with E-state index in [9.17, 15) is 8.42 Å². The van der Waals surface area contributed by atoms with Crippen LogP contribution in [0.2, 0.25) is 0 Å². The second-order valence-corrected chi connectivity index (χ2v) is 9.39. The summed E-state index contributed by atoms with van der Waals surface area (Å²) >= 11 is 0. The van der Waals surface area contributed by atoms with Gasteiger partial charge in [-0.1, -0.05) is 51.9 Å². The average molecular weight is 316 g/mol. The molecule has 2 atom stereocenters. The zero-order valence-electron chi connectivity index (χ0n) is 13.6. The highest BCUT2D eigenvalue weighted by atomic mass is 32.2. The minimum Gasteiger partial charge on any atom is -0.313 e. The first kappa shape index (κ1) is 17.3. The molecule has 2 fully saturated rings. The first-order chi connectivity index (χ1) is 10.2. The molecule has 2 aliphatic rings. The van der Waals surface area contributed by atoms with Crippen LogP contribution in [0.25, 0.3) is 0 Å². The summed E-state index contributed by atoms with van der Waals surface area (Å²) in [7, 11) is -2.97. The van der Waals surface area contributed by atoms with Crippen LogP contribution in [0.4, 0.5) is 0 Å². The van der Waals surface area contributed by atoms with Crippen molar-refractivity contribution < 1.29 is 8.42 Å². The van der Waals surface area contributed by atoms with Gasteiger partial charge in [0.2, 0.25) is 0 Å². The van der Waals surface area contributed by atoms with Gasteiger partial charge >= 0.3 is 0 Å². The monoisotopic (exact) mass is 315 g/mol. The maximum Gasteiger partial charge on any atom is 0.157 e. The van der Waals surface area contributed by atoms with Gasteiger partial charge in [0.25, 0.3) is 0 Å². The molecule has 0 amide bonds. The Morgan fingerprint density at radius 3 is 2.10 bits per heavy atom. The topological polar surface area (TPSA) is 46.2 Å². The van der Waals surface area contributed by atoms with Gasteiger partial charge in [0.05, 0.1) is 10.5 Å². The summed E-state index contributed by atoms with van der Waals surface area (Å²) in [4.78, 5) is 0. The lowest BCUT2D eigenvalue weighted by atomic mass is 9.96. The number of hydrogen-bond donors (Lipinski definition) is 1. The molecule has 0 saturated heterocycles. The van der Waals surface area contributed by atoms with Gasteiger partial charge in [0.1, 0.15) is 0 Å². The molecule has 2 rings (SSSR count). The lowest BCUT2D eigenvalue weighted by molar-refractivity contribution is 0.380. The molecule has 0 radical (unpaired) electrons. The average Bonchev–Trinajstić information content (AvgIpc) is 2.47. The Bertz CT molecular complexity index is 386. The molecule has 2 aliphatic carbocycles. The molecule has 21 heavy (non-hydrogen) atoms. The second kappa shape index (κ2) is 8.52. The normalized spacial score (nSPS) is 29.8. The Hall–Kier alpha value is -0.0900. The third-order valence-corrected chi connectivity index (χ3v) is 8.11. The van der Waals surface area contributed by atoms with Crippen molar-refractivity contribution >= 4 is 9.84 Å². The van der Waals surface area contributed by atoms with E-state index in [1.165, 1.54) is 25.7 Å². The molecule has 0 aromatic rings. The van der Waals surface area contributed by atoms with Gasteiger partial charge in [-0.05, 0) is 38.6 Å². The zero-order valence-corrected chi connectivity index (χ0v) is 14.5. The third kappa shape index (κ3) is 4.69. The van der Waals surface area contributed by atoms with Crippen molar-refractivity contribution in [1.29, 1.82) is 0 Å².